The molecule has 0 N–H and O–H groups in total. The normalized spacial score (nSPS) is 23.0. The van der Waals surface area contributed by atoms with Gasteiger partial charge < -0.3 is 0 Å². The lowest BCUT2D eigenvalue weighted by Crippen LogP contribution is -2.36. The summed E-state index contributed by atoms with van der Waals surface area (Å²) in [6.07, 6.45) is 5.94. The highest BCUT2D eigenvalue weighted by molar-refractivity contribution is 7.47. The smallest absolute Gasteiger partial charge is 0.261 e. The van der Waals surface area contributed by atoms with Crippen molar-refractivity contribution in [2.75, 3.05) is 12.7 Å². The number of nitrogens with zero attached hydrogens (tertiary/aromatic N) is 1. The van der Waals surface area contributed by atoms with Crippen LogP contribution in [0.15, 0.2) is 54.6 Å². The van der Waals surface area contributed by atoms with E-state index in [2.05, 4.69) is 30.3 Å². The Kier molecular flexibility index (Phi) is 5.17. The summed E-state index contributed by atoms with van der Waals surface area (Å²) in [6, 6.07) is 17.9. The third-order valence-electron chi connectivity index (χ3n) is 5.65. The largest absolute Gasteiger partial charge is 0.274 e. The first-order valence-corrected chi connectivity index (χ1v) is 10.7. The van der Waals surface area contributed by atoms with Gasteiger partial charge in [0.05, 0.1) is 11.1 Å². The number of hydrogen-bond donors (Lipinski definition) is 0. The number of hydrogen-bond acceptors (Lipinski definition) is 2. The molecule has 4 rings (SSSR count). The van der Waals surface area contributed by atoms with Crippen molar-refractivity contribution in [3.8, 4) is 0 Å². The van der Waals surface area contributed by atoms with Crippen LogP contribution in [0.25, 0.3) is 0 Å². The molecule has 2 amide bonds. The summed E-state index contributed by atoms with van der Waals surface area (Å²) in [5.41, 5.74) is 1.13. The second-order valence-electron chi connectivity index (χ2n) is 7.40. The number of benzene rings is 2. The van der Waals surface area contributed by atoms with Gasteiger partial charge in [-0.1, -0.05) is 51.0 Å². The summed E-state index contributed by atoms with van der Waals surface area (Å²) in [4.78, 5) is 26.5. The molecule has 1 aliphatic heterocycles. The van der Waals surface area contributed by atoms with Gasteiger partial charge in [0, 0.05) is 6.54 Å². The topological polar surface area (TPSA) is 37.4 Å². The molecule has 2 aromatic rings. The molecule has 1 unspecified atom stereocenters. The lowest BCUT2D eigenvalue weighted by atomic mass is 9.82. The van der Waals surface area contributed by atoms with Crippen LogP contribution in [0, 0.1) is 11.8 Å². The molecule has 2 aromatic carbocycles. The molecule has 1 saturated carbocycles. The van der Waals surface area contributed by atoms with Crippen molar-refractivity contribution in [2.45, 2.75) is 25.7 Å². The Labute approximate surface area is 156 Å². The Morgan fingerprint density at radius 2 is 1.31 bits per heavy atom. The zero-order valence-electron chi connectivity index (χ0n) is 14.9. The minimum atomic E-state index is -0.113. The Morgan fingerprint density at radius 3 is 1.92 bits per heavy atom. The molecule has 26 heavy (non-hydrogen) atoms. The summed E-state index contributed by atoms with van der Waals surface area (Å²) < 4.78 is 0. The van der Waals surface area contributed by atoms with Crippen LogP contribution in [-0.2, 0) is 0 Å². The molecule has 0 aromatic heterocycles. The molecular formula is C22H24NO2P. The monoisotopic (exact) mass is 365 g/mol. The lowest BCUT2D eigenvalue weighted by molar-refractivity contribution is 0.0612. The highest BCUT2D eigenvalue weighted by Crippen LogP contribution is 2.34. The molecule has 2 aliphatic rings. The maximum absolute atomic E-state index is 12.5. The van der Waals surface area contributed by atoms with Crippen LogP contribution in [0.5, 0.6) is 0 Å². The molecule has 4 heteroatoms. The zero-order chi connectivity index (χ0) is 17.9. The van der Waals surface area contributed by atoms with Gasteiger partial charge >= 0.3 is 0 Å². The van der Waals surface area contributed by atoms with E-state index in [0.717, 1.165) is 27.3 Å². The number of amides is 2. The third-order valence-corrected chi connectivity index (χ3v) is 7.18. The average Bonchev–Trinajstić information content (AvgIpc) is 2.93. The van der Waals surface area contributed by atoms with Crippen LogP contribution in [0.4, 0.5) is 0 Å². The summed E-state index contributed by atoms with van der Waals surface area (Å²) >= 11 is 0. The molecule has 1 atom stereocenters. The van der Waals surface area contributed by atoms with Crippen LogP contribution in [-0.4, -0.2) is 29.4 Å². The minimum Gasteiger partial charge on any atom is -0.274 e. The molecule has 1 heterocycles. The van der Waals surface area contributed by atoms with E-state index in [1.807, 2.05) is 12.1 Å². The molecule has 0 bridgehead atoms. The van der Waals surface area contributed by atoms with E-state index in [0.29, 0.717) is 23.6 Å². The van der Waals surface area contributed by atoms with Crippen LogP contribution in [0.2, 0.25) is 0 Å². The second kappa shape index (κ2) is 7.72. The van der Waals surface area contributed by atoms with E-state index >= 15 is 0 Å². The van der Waals surface area contributed by atoms with Gasteiger partial charge in [-0.3, -0.25) is 14.5 Å². The first-order valence-electron chi connectivity index (χ1n) is 9.46. The molecule has 3 nitrogen and oxygen atoms in total. The number of imide groups is 1. The van der Waals surface area contributed by atoms with Crippen molar-refractivity contribution in [1.29, 1.82) is 0 Å². The maximum Gasteiger partial charge on any atom is 0.261 e. The van der Waals surface area contributed by atoms with Gasteiger partial charge in [0.15, 0.2) is 0 Å². The van der Waals surface area contributed by atoms with E-state index < -0.39 is 0 Å². The highest BCUT2D eigenvalue weighted by Gasteiger charge is 2.36. The van der Waals surface area contributed by atoms with Crippen LogP contribution in [0.3, 0.4) is 0 Å². The zero-order valence-corrected chi connectivity index (χ0v) is 15.9. The molecule has 1 fully saturated rings. The standard InChI is InChI=1S/C22H24NO2P/c24-21-19-8-4-5-9-20(19)22(25)23(21)14-16-10-12-17(13-11-16)15-26-18-6-2-1-3-7-18/h1-9,16-17,26H,10-15H2. The van der Waals surface area contributed by atoms with Gasteiger partial charge in [-0.2, -0.15) is 0 Å². The van der Waals surface area contributed by atoms with Gasteiger partial charge in [-0.05, 0) is 61.1 Å². The number of rotatable bonds is 5. The summed E-state index contributed by atoms with van der Waals surface area (Å²) in [5.74, 6) is 1.01. The summed E-state index contributed by atoms with van der Waals surface area (Å²) in [7, 11) is 0.885. The van der Waals surface area contributed by atoms with E-state index in [-0.39, 0.29) is 11.8 Å². The van der Waals surface area contributed by atoms with Crippen molar-refractivity contribution < 1.29 is 9.59 Å². The lowest BCUT2D eigenvalue weighted by Gasteiger charge is -2.30. The van der Waals surface area contributed by atoms with E-state index in [1.165, 1.54) is 29.2 Å². The van der Waals surface area contributed by atoms with Crippen LogP contribution < -0.4 is 5.30 Å². The predicted octanol–water partition coefficient (Wildman–Crippen LogP) is 4.09. The molecule has 0 spiro atoms. The van der Waals surface area contributed by atoms with Crippen molar-refractivity contribution in [3.05, 3.63) is 65.7 Å². The Hall–Kier alpha value is -1.99. The van der Waals surface area contributed by atoms with Crippen molar-refractivity contribution >= 4 is 25.7 Å². The SMILES string of the molecule is O=C1c2ccccc2C(=O)N1CC1CCC(CPc2ccccc2)CC1. The van der Waals surface area contributed by atoms with Crippen molar-refractivity contribution in [1.82, 2.24) is 4.90 Å². The van der Waals surface area contributed by atoms with E-state index in [1.54, 1.807) is 12.1 Å². The Bertz CT molecular complexity index is 762. The number of carbonyl (C=O) groups excluding carboxylic acids is 2. The second-order valence-corrected chi connectivity index (χ2v) is 8.74. The van der Waals surface area contributed by atoms with Gasteiger partial charge in [-0.25, -0.2) is 0 Å². The van der Waals surface area contributed by atoms with E-state index in [9.17, 15) is 9.59 Å². The average molecular weight is 365 g/mol. The first kappa shape index (κ1) is 17.4. The Balaban J connectivity index is 1.28. The van der Waals surface area contributed by atoms with Gasteiger partial charge in [0.25, 0.3) is 11.8 Å². The van der Waals surface area contributed by atoms with Crippen LogP contribution >= 0.6 is 8.58 Å². The minimum absolute atomic E-state index is 0.113. The van der Waals surface area contributed by atoms with E-state index in [4.69, 9.17) is 0 Å². The van der Waals surface area contributed by atoms with Crippen LogP contribution in [0.1, 0.15) is 46.4 Å². The third kappa shape index (κ3) is 3.59. The number of carbonyl (C=O) groups is 2. The van der Waals surface area contributed by atoms with Crippen molar-refractivity contribution in [2.24, 2.45) is 11.8 Å². The molecule has 1 aliphatic carbocycles. The quantitative estimate of drug-likeness (QED) is 0.591. The van der Waals surface area contributed by atoms with Gasteiger partial charge in [0.2, 0.25) is 0 Å². The first-order chi connectivity index (χ1) is 12.7. The summed E-state index contributed by atoms with van der Waals surface area (Å²) in [5, 5.41) is 1.45. The molecule has 0 saturated heterocycles. The molecule has 0 radical (unpaired) electrons. The number of fused-ring (bicyclic) bond motifs is 1. The highest BCUT2D eigenvalue weighted by atomic mass is 31.1. The Morgan fingerprint density at radius 1 is 0.769 bits per heavy atom. The van der Waals surface area contributed by atoms with Gasteiger partial charge in [0.1, 0.15) is 0 Å². The molecular weight excluding hydrogens is 341 g/mol. The fraction of sp³-hybridized carbons (Fsp3) is 0.364. The maximum atomic E-state index is 12.5. The fourth-order valence-corrected chi connectivity index (χ4v) is 5.46. The van der Waals surface area contributed by atoms with Gasteiger partial charge in [-0.15, -0.1) is 0 Å². The van der Waals surface area contributed by atoms with Crippen molar-refractivity contribution in [3.63, 3.8) is 0 Å². The summed E-state index contributed by atoms with van der Waals surface area (Å²) in [6.45, 7) is 0.583. The molecule has 134 valence electrons. The fourth-order valence-electron chi connectivity index (χ4n) is 4.10. The predicted molar refractivity (Wildman–Crippen MR) is 107 cm³/mol.